The van der Waals surface area contributed by atoms with Gasteiger partial charge in [0.1, 0.15) is 0 Å². The van der Waals surface area contributed by atoms with E-state index in [0.717, 1.165) is 29.3 Å². The number of aromatic amines is 1. The van der Waals surface area contributed by atoms with Gasteiger partial charge in [-0.05, 0) is 44.4 Å². The molecule has 0 saturated heterocycles. The Balaban J connectivity index is 1.92. The number of benzene rings is 1. The molecule has 3 nitrogen and oxygen atoms in total. The standard InChI is InChI=1S/C14H16N2O/c1-14(7-3-8-14)16-13(17)11-4-2-5-12-10(11)6-9-15-12/h2,4-6,9,15H,3,7-8H2,1H3,(H,16,17). The van der Waals surface area contributed by atoms with E-state index in [1.165, 1.54) is 6.42 Å². The second-order valence-electron chi connectivity index (χ2n) is 5.11. The number of carbonyl (C=O) groups is 1. The molecule has 2 N–H and O–H groups in total. The first-order valence-electron chi connectivity index (χ1n) is 6.07. The van der Waals surface area contributed by atoms with E-state index < -0.39 is 0 Å². The van der Waals surface area contributed by atoms with Crippen molar-refractivity contribution in [2.45, 2.75) is 31.7 Å². The smallest absolute Gasteiger partial charge is 0.252 e. The highest BCUT2D eigenvalue weighted by atomic mass is 16.1. The van der Waals surface area contributed by atoms with Crippen LogP contribution in [0.5, 0.6) is 0 Å². The highest BCUT2D eigenvalue weighted by molar-refractivity contribution is 6.06. The summed E-state index contributed by atoms with van der Waals surface area (Å²) >= 11 is 0. The molecule has 0 atom stereocenters. The fourth-order valence-electron chi connectivity index (χ4n) is 2.46. The Bertz CT molecular complexity index is 566. The van der Waals surface area contributed by atoms with Crippen molar-refractivity contribution in [2.24, 2.45) is 0 Å². The maximum Gasteiger partial charge on any atom is 0.252 e. The molecule has 1 aliphatic rings. The highest BCUT2D eigenvalue weighted by Crippen LogP contribution is 2.31. The molecule has 0 spiro atoms. The van der Waals surface area contributed by atoms with Crippen LogP contribution in [0.15, 0.2) is 30.5 Å². The molecule has 3 rings (SSSR count). The zero-order valence-corrected chi connectivity index (χ0v) is 9.92. The van der Waals surface area contributed by atoms with Crippen LogP contribution in [0.25, 0.3) is 10.9 Å². The quantitative estimate of drug-likeness (QED) is 0.815. The van der Waals surface area contributed by atoms with Gasteiger partial charge in [-0.15, -0.1) is 0 Å². The van der Waals surface area contributed by atoms with E-state index in [2.05, 4.69) is 17.2 Å². The molecule has 0 bridgehead atoms. The molecule has 2 aromatic rings. The topological polar surface area (TPSA) is 44.9 Å². The summed E-state index contributed by atoms with van der Waals surface area (Å²) in [6.07, 6.45) is 5.25. The molecule has 1 fully saturated rings. The van der Waals surface area contributed by atoms with Gasteiger partial charge in [-0.1, -0.05) is 6.07 Å². The van der Waals surface area contributed by atoms with Crippen LogP contribution < -0.4 is 5.32 Å². The fourth-order valence-corrected chi connectivity index (χ4v) is 2.46. The number of hydrogen-bond acceptors (Lipinski definition) is 1. The van der Waals surface area contributed by atoms with E-state index >= 15 is 0 Å². The van der Waals surface area contributed by atoms with Crippen LogP contribution in [0.3, 0.4) is 0 Å². The molecule has 0 aliphatic heterocycles. The van der Waals surface area contributed by atoms with Gasteiger partial charge in [-0.25, -0.2) is 0 Å². The van der Waals surface area contributed by atoms with Crippen molar-refractivity contribution < 1.29 is 4.79 Å². The maximum absolute atomic E-state index is 12.2. The first-order chi connectivity index (χ1) is 8.18. The molecule has 1 aromatic heterocycles. The zero-order valence-electron chi connectivity index (χ0n) is 9.92. The van der Waals surface area contributed by atoms with Crippen molar-refractivity contribution in [1.29, 1.82) is 0 Å². The Kier molecular flexibility index (Phi) is 2.21. The van der Waals surface area contributed by atoms with Crippen LogP contribution in [-0.2, 0) is 0 Å². The Hall–Kier alpha value is -1.77. The fraction of sp³-hybridized carbons (Fsp3) is 0.357. The van der Waals surface area contributed by atoms with E-state index in [9.17, 15) is 4.79 Å². The summed E-state index contributed by atoms with van der Waals surface area (Å²) in [6.45, 7) is 2.12. The summed E-state index contributed by atoms with van der Waals surface area (Å²) < 4.78 is 0. The van der Waals surface area contributed by atoms with Crippen LogP contribution in [-0.4, -0.2) is 16.4 Å². The molecule has 0 unspecified atom stereocenters. The van der Waals surface area contributed by atoms with Gasteiger partial charge < -0.3 is 10.3 Å². The second-order valence-corrected chi connectivity index (χ2v) is 5.11. The predicted octanol–water partition coefficient (Wildman–Crippen LogP) is 2.84. The lowest BCUT2D eigenvalue weighted by molar-refractivity contribution is 0.0852. The Morgan fingerprint density at radius 2 is 2.18 bits per heavy atom. The lowest BCUT2D eigenvalue weighted by atomic mass is 9.78. The minimum Gasteiger partial charge on any atom is -0.361 e. The van der Waals surface area contributed by atoms with Crippen LogP contribution in [0.2, 0.25) is 0 Å². The van der Waals surface area contributed by atoms with Crippen LogP contribution >= 0.6 is 0 Å². The average Bonchev–Trinajstić information content (AvgIpc) is 2.74. The van der Waals surface area contributed by atoms with Gasteiger partial charge in [-0.3, -0.25) is 4.79 Å². The number of hydrogen-bond donors (Lipinski definition) is 2. The minimum absolute atomic E-state index is 0.00948. The summed E-state index contributed by atoms with van der Waals surface area (Å²) in [7, 11) is 0. The van der Waals surface area contributed by atoms with Crippen molar-refractivity contribution in [2.75, 3.05) is 0 Å². The number of H-pyrrole nitrogens is 1. The number of fused-ring (bicyclic) bond motifs is 1. The summed E-state index contributed by atoms with van der Waals surface area (Å²) in [5.41, 5.74) is 1.78. The predicted molar refractivity (Wildman–Crippen MR) is 68.0 cm³/mol. The summed E-state index contributed by atoms with van der Waals surface area (Å²) in [5, 5.41) is 4.13. The van der Waals surface area contributed by atoms with Gasteiger partial charge in [0.2, 0.25) is 0 Å². The molecule has 0 radical (unpaired) electrons. The minimum atomic E-state index is 0.00948. The summed E-state index contributed by atoms with van der Waals surface area (Å²) in [4.78, 5) is 15.4. The second kappa shape index (κ2) is 3.62. The lowest BCUT2D eigenvalue weighted by Crippen LogP contribution is -2.50. The molecule has 1 heterocycles. The van der Waals surface area contributed by atoms with E-state index in [1.807, 2.05) is 30.5 Å². The van der Waals surface area contributed by atoms with E-state index in [4.69, 9.17) is 0 Å². The largest absolute Gasteiger partial charge is 0.361 e. The normalized spacial score (nSPS) is 17.7. The molecule has 88 valence electrons. The van der Waals surface area contributed by atoms with Gasteiger partial charge >= 0.3 is 0 Å². The van der Waals surface area contributed by atoms with Crippen LogP contribution in [0.1, 0.15) is 36.5 Å². The third-order valence-corrected chi connectivity index (χ3v) is 3.71. The Morgan fingerprint density at radius 1 is 1.35 bits per heavy atom. The maximum atomic E-state index is 12.2. The summed E-state index contributed by atoms with van der Waals surface area (Å²) in [6, 6.07) is 7.73. The van der Waals surface area contributed by atoms with Gasteiger partial charge in [0.05, 0.1) is 0 Å². The van der Waals surface area contributed by atoms with Gasteiger partial charge in [0.15, 0.2) is 0 Å². The highest BCUT2D eigenvalue weighted by Gasteiger charge is 2.33. The monoisotopic (exact) mass is 228 g/mol. The summed E-state index contributed by atoms with van der Waals surface area (Å²) in [5.74, 6) is 0.0393. The van der Waals surface area contributed by atoms with Crippen molar-refractivity contribution in [3.8, 4) is 0 Å². The average molecular weight is 228 g/mol. The SMILES string of the molecule is CC1(NC(=O)c2cccc3[nH]ccc23)CCC1. The molecule has 1 aromatic carbocycles. The number of nitrogens with one attached hydrogen (secondary N) is 2. The van der Waals surface area contributed by atoms with E-state index in [-0.39, 0.29) is 11.4 Å². The van der Waals surface area contributed by atoms with Crippen molar-refractivity contribution in [3.05, 3.63) is 36.0 Å². The lowest BCUT2D eigenvalue weighted by Gasteiger charge is -2.39. The van der Waals surface area contributed by atoms with Gasteiger partial charge in [-0.2, -0.15) is 0 Å². The van der Waals surface area contributed by atoms with Gasteiger partial charge in [0.25, 0.3) is 5.91 Å². The number of carbonyl (C=O) groups excluding carboxylic acids is 1. The van der Waals surface area contributed by atoms with E-state index in [1.54, 1.807) is 0 Å². The third kappa shape index (κ3) is 1.71. The zero-order chi connectivity index (χ0) is 11.9. The first-order valence-corrected chi connectivity index (χ1v) is 6.07. The van der Waals surface area contributed by atoms with Crippen molar-refractivity contribution >= 4 is 16.8 Å². The van der Waals surface area contributed by atoms with E-state index in [0.29, 0.717) is 0 Å². The molecule has 1 saturated carbocycles. The molecular weight excluding hydrogens is 212 g/mol. The Labute approximate surface area is 100 Å². The first kappa shape index (κ1) is 10.4. The number of amides is 1. The molecule has 3 heteroatoms. The number of aromatic nitrogens is 1. The van der Waals surface area contributed by atoms with Gasteiger partial charge in [0, 0.05) is 28.2 Å². The molecule has 17 heavy (non-hydrogen) atoms. The van der Waals surface area contributed by atoms with Crippen molar-refractivity contribution in [3.63, 3.8) is 0 Å². The molecule has 1 aliphatic carbocycles. The van der Waals surface area contributed by atoms with Crippen LogP contribution in [0.4, 0.5) is 0 Å². The Morgan fingerprint density at radius 3 is 2.88 bits per heavy atom. The molecule has 1 amide bonds. The van der Waals surface area contributed by atoms with Crippen LogP contribution in [0, 0.1) is 0 Å². The van der Waals surface area contributed by atoms with Crippen molar-refractivity contribution in [1.82, 2.24) is 10.3 Å². The molecular formula is C14H16N2O. The number of rotatable bonds is 2. The third-order valence-electron chi connectivity index (χ3n) is 3.71.